The van der Waals surface area contributed by atoms with Gasteiger partial charge in [-0.15, -0.1) is 0 Å². The number of halogens is 1. The van der Waals surface area contributed by atoms with Crippen LogP contribution >= 0.6 is 0 Å². The Labute approximate surface area is 172 Å². The Morgan fingerprint density at radius 3 is 2.60 bits per heavy atom. The molecule has 2 heterocycles. The molecular formula is C22H20FN3O4. The summed E-state index contributed by atoms with van der Waals surface area (Å²) >= 11 is 0. The number of piperidine rings is 1. The number of nitrogens with zero attached hydrogens (tertiary/aromatic N) is 1. The van der Waals surface area contributed by atoms with Gasteiger partial charge >= 0.3 is 0 Å². The van der Waals surface area contributed by atoms with Gasteiger partial charge in [-0.2, -0.15) is 0 Å². The molecule has 2 aliphatic rings. The number of fused-ring (bicyclic) bond motifs is 1. The molecule has 2 N–H and O–H groups in total. The zero-order valence-corrected chi connectivity index (χ0v) is 16.3. The Hall–Kier alpha value is -3.55. The molecule has 2 aromatic carbocycles. The molecule has 0 aliphatic carbocycles. The van der Waals surface area contributed by atoms with Gasteiger partial charge in [0, 0.05) is 35.2 Å². The number of carbonyl (C=O) groups excluding carboxylic acids is 4. The van der Waals surface area contributed by atoms with E-state index >= 15 is 4.39 Å². The summed E-state index contributed by atoms with van der Waals surface area (Å²) in [5.74, 6) is -2.25. The molecule has 154 valence electrons. The van der Waals surface area contributed by atoms with E-state index in [1.165, 1.54) is 17.0 Å². The second-order valence-electron chi connectivity index (χ2n) is 7.51. The van der Waals surface area contributed by atoms with Crippen LogP contribution in [-0.2, 0) is 22.7 Å². The minimum absolute atomic E-state index is 0.0293. The van der Waals surface area contributed by atoms with E-state index in [1.54, 1.807) is 12.1 Å². The molecule has 1 fully saturated rings. The molecule has 0 spiro atoms. The Kier molecular flexibility index (Phi) is 5.07. The van der Waals surface area contributed by atoms with Crippen LogP contribution in [-0.4, -0.2) is 34.6 Å². The first-order valence-corrected chi connectivity index (χ1v) is 9.65. The van der Waals surface area contributed by atoms with Crippen molar-refractivity contribution in [3.63, 3.8) is 0 Å². The van der Waals surface area contributed by atoms with Crippen LogP contribution in [0.4, 0.5) is 4.39 Å². The molecule has 30 heavy (non-hydrogen) atoms. The zero-order valence-electron chi connectivity index (χ0n) is 16.3. The minimum Gasteiger partial charge on any atom is -0.348 e. The molecule has 7 nitrogen and oxygen atoms in total. The zero-order chi connectivity index (χ0) is 21.4. The number of carbonyl (C=O) groups is 4. The molecule has 2 aliphatic heterocycles. The van der Waals surface area contributed by atoms with Crippen molar-refractivity contribution < 1.29 is 23.6 Å². The highest BCUT2D eigenvalue weighted by Crippen LogP contribution is 2.30. The van der Waals surface area contributed by atoms with Gasteiger partial charge in [0.2, 0.25) is 11.8 Å². The molecule has 1 atom stereocenters. The number of benzene rings is 2. The fourth-order valence-electron chi connectivity index (χ4n) is 3.77. The number of hydrogen-bond acceptors (Lipinski definition) is 4. The van der Waals surface area contributed by atoms with Gasteiger partial charge in [-0.3, -0.25) is 24.5 Å². The van der Waals surface area contributed by atoms with Gasteiger partial charge < -0.3 is 10.2 Å². The van der Waals surface area contributed by atoms with E-state index in [4.69, 9.17) is 0 Å². The third kappa shape index (κ3) is 3.56. The van der Waals surface area contributed by atoms with E-state index in [0.29, 0.717) is 5.56 Å². The SMILES string of the molecule is Cc1ccc(C(=O)NCc2ccc3c(c2F)CN(C2CCC(=O)NC2=O)C3=O)cc1. The fraction of sp³-hybridized carbons (Fsp3) is 0.273. The van der Waals surface area contributed by atoms with Gasteiger partial charge in [0.05, 0.1) is 6.54 Å². The number of imide groups is 1. The first kappa shape index (κ1) is 19.8. The molecular weight excluding hydrogens is 389 g/mol. The third-order valence-corrected chi connectivity index (χ3v) is 5.48. The van der Waals surface area contributed by atoms with Gasteiger partial charge in [0.25, 0.3) is 11.8 Å². The number of aryl methyl sites for hydroxylation is 1. The van der Waals surface area contributed by atoms with Gasteiger partial charge in [-0.25, -0.2) is 4.39 Å². The van der Waals surface area contributed by atoms with Crippen molar-refractivity contribution in [2.75, 3.05) is 0 Å². The van der Waals surface area contributed by atoms with Crippen LogP contribution in [0.25, 0.3) is 0 Å². The molecule has 0 aromatic heterocycles. The predicted molar refractivity (Wildman–Crippen MR) is 105 cm³/mol. The van der Waals surface area contributed by atoms with Crippen LogP contribution in [0, 0.1) is 12.7 Å². The standard InChI is InChI=1S/C22H20FN3O4/c1-12-2-4-13(5-3-12)20(28)24-10-14-6-7-15-16(19(14)23)11-26(22(15)30)17-8-9-18(27)25-21(17)29/h2-7,17H,8-11H2,1H3,(H,24,28)(H,25,27,29). The minimum atomic E-state index is -0.799. The van der Waals surface area contributed by atoms with E-state index in [0.717, 1.165) is 5.56 Å². The maximum atomic E-state index is 15.1. The first-order valence-electron chi connectivity index (χ1n) is 9.65. The predicted octanol–water partition coefficient (Wildman–Crippen LogP) is 1.83. The number of rotatable bonds is 4. The second-order valence-corrected chi connectivity index (χ2v) is 7.51. The normalized spacial score (nSPS) is 18.3. The smallest absolute Gasteiger partial charge is 0.255 e. The molecule has 1 saturated heterocycles. The molecule has 0 saturated carbocycles. The van der Waals surface area contributed by atoms with Crippen molar-refractivity contribution in [3.05, 3.63) is 70.0 Å². The summed E-state index contributed by atoms with van der Waals surface area (Å²) in [6.07, 6.45) is 0.348. The Bertz CT molecular complexity index is 1060. The number of hydrogen-bond donors (Lipinski definition) is 2. The Morgan fingerprint density at radius 2 is 1.90 bits per heavy atom. The molecule has 8 heteroatoms. The van der Waals surface area contributed by atoms with Crippen LogP contribution in [0.3, 0.4) is 0 Å². The first-order chi connectivity index (χ1) is 14.3. The Morgan fingerprint density at radius 1 is 1.17 bits per heavy atom. The van der Waals surface area contributed by atoms with Gasteiger partial charge in [-0.1, -0.05) is 23.8 Å². The van der Waals surface area contributed by atoms with E-state index in [-0.39, 0.29) is 54.4 Å². The van der Waals surface area contributed by atoms with Crippen molar-refractivity contribution in [2.45, 2.75) is 38.9 Å². The molecule has 2 aromatic rings. The summed E-state index contributed by atoms with van der Waals surface area (Å²) in [5, 5.41) is 4.90. The molecule has 0 radical (unpaired) electrons. The lowest BCUT2D eigenvalue weighted by Gasteiger charge is -2.29. The summed E-state index contributed by atoms with van der Waals surface area (Å²) in [6, 6.07) is 9.21. The van der Waals surface area contributed by atoms with Crippen molar-refractivity contribution in [1.29, 1.82) is 0 Å². The van der Waals surface area contributed by atoms with Crippen LogP contribution in [0.5, 0.6) is 0 Å². The summed E-state index contributed by atoms with van der Waals surface area (Å²) in [7, 11) is 0. The van der Waals surface area contributed by atoms with E-state index < -0.39 is 23.7 Å². The second kappa shape index (κ2) is 7.70. The number of nitrogens with one attached hydrogen (secondary N) is 2. The summed E-state index contributed by atoms with van der Waals surface area (Å²) in [5.41, 5.74) is 2.16. The molecule has 4 rings (SSSR count). The van der Waals surface area contributed by atoms with Crippen LogP contribution < -0.4 is 10.6 Å². The van der Waals surface area contributed by atoms with E-state index in [9.17, 15) is 19.2 Å². The van der Waals surface area contributed by atoms with E-state index in [1.807, 2.05) is 19.1 Å². The lowest BCUT2D eigenvalue weighted by atomic mass is 10.0. The highest BCUT2D eigenvalue weighted by Gasteiger charge is 2.40. The van der Waals surface area contributed by atoms with Crippen molar-refractivity contribution >= 4 is 23.6 Å². The van der Waals surface area contributed by atoms with Crippen molar-refractivity contribution in [2.24, 2.45) is 0 Å². The molecule has 0 bridgehead atoms. The lowest BCUT2D eigenvalue weighted by molar-refractivity contribution is -0.136. The molecule has 1 unspecified atom stereocenters. The van der Waals surface area contributed by atoms with Crippen LogP contribution in [0.15, 0.2) is 36.4 Å². The molecule has 4 amide bonds. The number of amides is 4. The van der Waals surface area contributed by atoms with Gasteiger partial charge in [0.15, 0.2) is 0 Å². The highest BCUT2D eigenvalue weighted by molar-refractivity contribution is 6.05. The fourth-order valence-corrected chi connectivity index (χ4v) is 3.77. The topological polar surface area (TPSA) is 95.6 Å². The summed E-state index contributed by atoms with van der Waals surface area (Å²) in [6.45, 7) is 1.84. The quantitative estimate of drug-likeness (QED) is 0.753. The highest BCUT2D eigenvalue weighted by atomic mass is 19.1. The van der Waals surface area contributed by atoms with Gasteiger partial charge in [-0.05, 0) is 31.5 Å². The lowest BCUT2D eigenvalue weighted by Crippen LogP contribution is -2.52. The van der Waals surface area contributed by atoms with Crippen molar-refractivity contribution in [1.82, 2.24) is 15.5 Å². The summed E-state index contributed by atoms with van der Waals surface area (Å²) in [4.78, 5) is 49.7. The third-order valence-electron chi connectivity index (χ3n) is 5.48. The Balaban J connectivity index is 1.49. The van der Waals surface area contributed by atoms with E-state index in [2.05, 4.69) is 10.6 Å². The average Bonchev–Trinajstić information content (AvgIpc) is 3.05. The maximum Gasteiger partial charge on any atom is 0.255 e. The monoisotopic (exact) mass is 409 g/mol. The van der Waals surface area contributed by atoms with Gasteiger partial charge in [0.1, 0.15) is 11.9 Å². The van der Waals surface area contributed by atoms with Crippen LogP contribution in [0.1, 0.15) is 50.2 Å². The maximum absolute atomic E-state index is 15.1. The van der Waals surface area contributed by atoms with Crippen molar-refractivity contribution in [3.8, 4) is 0 Å². The van der Waals surface area contributed by atoms with Crippen LogP contribution in [0.2, 0.25) is 0 Å². The average molecular weight is 409 g/mol. The largest absolute Gasteiger partial charge is 0.348 e. The summed E-state index contributed by atoms with van der Waals surface area (Å²) < 4.78 is 15.1.